The summed E-state index contributed by atoms with van der Waals surface area (Å²) >= 11 is 0. The van der Waals surface area contributed by atoms with Crippen molar-refractivity contribution in [3.63, 3.8) is 0 Å². The van der Waals surface area contributed by atoms with Gasteiger partial charge >= 0.3 is 0 Å². The maximum atomic E-state index is 4.54. The highest BCUT2D eigenvalue weighted by Gasteiger charge is 2.08. The molecule has 0 atom stereocenters. The van der Waals surface area contributed by atoms with Gasteiger partial charge < -0.3 is 5.32 Å². The van der Waals surface area contributed by atoms with Gasteiger partial charge in [-0.2, -0.15) is 0 Å². The van der Waals surface area contributed by atoms with Crippen molar-refractivity contribution in [2.75, 3.05) is 5.32 Å². The number of aryl methyl sites for hydroxylation is 1. The molecule has 0 fully saturated rings. The quantitative estimate of drug-likeness (QED) is 0.731. The minimum Gasteiger partial charge on any atom is -0.354 e. The van der Waals surface area contributed by atoms with E-state index in [2.05, 4.69) is 47.6 Å². The lowest BCUT2D eigenvalue weighted by molar-refractivity contribution is 1.30. The van der Waals surface area contributed by atoms with Crippen molar-refractivity contribution in [1.82, 2.24) is 4.98 Å². The third-order valence-electron chi connectivity index (χ3n) is 3.26. The van der Waals surface area contributed by atoms with Gasteiger partial charge in [0, 0.05) is 17.4 Å². The highest BCUT2D eigenvalue weighted by molar-refractivity contribution is 5.79. The Morgan fingerprint density at radius 2 is 1.55 bits per heavy atom. The minimum absolute atomic E-state index is 0.981. The van der Waals surface area contributed by atoms with E-state index in [1.165, 1.54) is 5.56 Å². The van der Waals surface area contributed by atoms with Crippen molar-refractivity contribution >= 4 is 11.4 Å². The fourth-order valence-corrected chi connectivity index (χ4v) is 2.24. The third kappa shape index (κ3) is 2.54. The Balaban J connectivity index is 2.03. The molecule has 0 unspecified atom stereocenters. The second kappa shape index (κ2) is 5.57. The lowest BCUT2D eigenvalue weighted by Gasteiger charge is -2.12. The SMILES string of the molecule is Cc1ccccc1-c1ncccc1Nc1ccccc1. The molecule has 0 aliphatic rings. The number of anilines is 2. The molecule has 3 rings (SSSR count). The zero-order chi connectivity index (χ0) is 13.8. The number of aromatic nitrogens is 1. The number of pyridine rings is 1. The average Bonchev–Trinajstić information content (AvgIpc) is 2.50. The Morgan fingerprint density at radius 1 is 0.800 bits per heavy atom. The van der Waals surface area contributed by atoms with Crippen LogP contribution in [-0.2, 0) is 0 Å². The van der Waals surface area contributed by atoms with Gasteiger partial charge in [-0.05, 0) is 36.8 Å². The number of hydrogen-bond acceptors (Lipinski definition) is 2. The first-order valence-electron chi connectivity index (χ1n) is 6.68. The zero-order valence-electron chi connectivity index (χ0n) is 11.4. The van der Waals surface area contributed by atoms with Gasteiger partial charge in [-0.1, -0.05) is 42.5 Å². The second-order valence-electron chi connectivity index (χ2n) is 4.71. The molecule has 2 nitrogen and oxygen atoms in total. The molecule has 2 heteroatoms. The van der Waals surface area contributed by atoms with Gasteiger partial charge in [-0.25, -0.2) is 0 Å². The second-order valence-corrected chi connectivity index (χ2v) is 4.71. The summed E-state index contributed by atoms with van der Waals surface area (Å²) in [4.78, 5) is 4.54. The van der Waals surface area contributed by atoms with E-state index >= 15 is 0 Å². The predicted octanol–water partition coefficient (Wildman–Crippen LogP) is 4.80. The van der Waals surface area contributed by atoms with Crippen LogP contribution in [0, 0.1) is 6.92 Å². The van der Waals surface area contributed by atoms with Gasteiger partial charge in [0.05, 0.1) is 11.4 Å². The summed E-state index contributed by atoms with van der Waals surface area (Å²) in [6, 6.07) is 22.5. The number of benzene rings is 2. The van der Waals surface area contributed by atoms with Crippen LogP contribution in [-0.4, -0.2) is 4.98 Å². The molecular weight excluding hydrogens is 244 g/mol. The lowest BCUT2D eigenvalue weighted by atomic mass is 10.0. The van der Waals surface area contributed by atoms with Crippen LogP contribution in [0.25, 0.3) is 11.3 Å². The van der Waals surface area contributed by atoms with Crippen LogP contribution in [0.3, 0.4) is 0 Å². The molecule has 0 amide bonds. The van der Waals surface area contributed by atoms with E-state index in [9.17, 15) is 0 Å². The summed E-state index contributed by atoms with van der Waals surface area (Å²) in [5, 5.41) is 3.44. The first-order chi connectivity index (χ1) is 9.84. The molecule has 0 bridgehead atoms. The van der Waals surface area contributed by atoms with Crippen LogP contribution < -0.4 is 5.32 Å². The number of nitrogens with one attached hydrogen (secondary N) is 1. The first kappa shape index (κ1) is 12.4. The van der Waals surface area contributed by atoms with Crippen molar-refractivity contribution in [2.24, 2.45) is 0 Å². The van der Waals surface area contributed by atoms with E-state index < -0.39 is 0 Å². The highest BCUT2D eigenvalue weighted by Crippen LogP contribution is 2.29. The van der Waals surface area contributed by atoms with E-state index in [4.69, 9.17) is 0 Å². The molecule has 0 saturated carbocycles. The summed E-state index contributed by atoms with van der Waals surface area (Å²) in [6.45, 7) is 2.11. The van der Waals surface area contributed by atoms with Crippen LogP contribution in [0.4, 0.5) is 11.4 Å². The summed E-state index contributed by atoms with van der Waals surface area (Å²) < 4.78 is 0. The minimum atomic E-state index is 0.981. The summed E-state index contributed by atoms with van der Waals surface area (Å²) in [5.41, 5.74) is 5.45. The van der Waals surface area contributed by atoms with E-state index in [-0.39, 0.29) is 0 Å². The molecule has 1 aromatic heterocycles. The third-order valence-corrected chi connectivity index (χ3v) is 3.26. The van der Waals surface area contributed by atoms with Gasteiger partial charge in [-0.3, -0.25) is 4.98 Å². The maximum absolute atomic E-state index is 4.54. The van der Waals surface area contributed by atoms with Crippen molar-refractivity contribution in [3.8, 4) is 11.3 Å². The smallest absolute Gasteiger partial charge is 0.0939 e. The first-order valence-corrected chi connectivity index (χ1v) is 6.68. The Labute approximate surface area is 119 Å². The van der Waals surface area contributed by atoms with Crippen LogP contribution in [0.15, 0.2) is 72.9 Å². The van der Waals surface area contributed by atoms with E-state index in [0.717, 1.165) is 22.6 Å². The Kier molecular flexibility index (Phi) is 3.46. The van der Waals surface area contributed by atoms with Gasteiger partial charge in [0.2, 0.25) is 0 Å². The van der Waals surface area contributed by atoms with Crippen LogP contribution >= 0.6 is 0 Å². The summed E-state index contributed by atoms with van der Waals surface area (Å²) in [5.74, 6) is 0. The largest absolute Gasteiger partial charge is 0.354 e. The maximum Gasteiger partial charge on any atom is 0.0939 e. The highest BCUT2D eigenvalue weighted by atomic mass is 14.9. The molecule has 3 aromatic rings. The van der Waals surface area contributed by atoms with Gasteiger partial charge in [0.25, 0.3) is 0 Å². The monoisotopic (exact) mass is 260 g/mol. The number of hydrogen-bond donors (Lipinski definition) is 1. The average molecular weight is 260 g/mol. The zero-order valence-corrected chi connectivity index (χ0v) is 11.4. The normalized spacial score (nSPS) is 10.2. The molecule has 0 aliphatic carbocycles. The fraction of sp³-hybridized carbons (Fsp3) is 0.0556. The van der Waals surface area contributed by atoms with Gasteiger partial charge in [-0.15, -0.1) is 0 Å². The number of rotatable bonds is 3. The molecule has 98 valence electrons. The molecule has 0 aliphatic heterocycles. The van der Waals surface area contributed by atoms with Crippen LogP contribution in [0.5, 0.6) is 0 Å². The van der Waals surface area contributed by atoms with Gasteiger partial charge in [0.1, 0.15) is 0 Å². The molecule has 0 radical (unpaired) electrons. The number of nitrogens with zero attached hydrogens (tertiary/aromatic N) is 1. The Hall–Kier alpha value is -2.61. The fourth-order valence-electron chi connectivity index (χ4n) is 2.24. The van der Waals surface area contributed by atoms with Crippen molar-refractivity contribution in [2.45, 2.75) is 6.92 Å². The van der Waals surface area contributed by atoms with Crippen LogP contribution in [0.1, 0.15) is 5.56 Å². The molecule has 0 spiro atoms. The standard InChI is InChI=1S/C18H16N2/c1-14-8-5-6-11-16(14)18-17(12-7-13-19-18)20-15-9-3-2-4-10-15/h2-13,20H,1H3. The molecular formula is C18H16N2. The predicted molar refractivity (Wildman–Crippen MR) is 84.1 cm³/mol. The van der Waals surface area contributed by atoms with Crippen molar-refractivity contribution in [1.29, 1.82) is 0 Å². The van der Waals surface area contributed by atoms with E-state index in [1.54, 1.807) is 0 Å². The lowest BCUT2D eigenvalue weighted by Crippen LogP contribution is -1.96. The molecule has 1 N–H and O–H groups in total. The Morgan fingerprint density at radius 3 is 2.35 bits per heavy atom. The Bertz CT molecular complexity index is 705. The van der Waals surface area contributed by atoms with Crippen molar-refractivity contribution in [3.05, 3.63) is 78.5 Å². The molecule has 20 heavy (non-hydrogen) atoms. The molecule has 2 aromatic carbocycles. The molecule has 1 heterocycles. The summed E-state index contributed by atoms with van der Waals surface area (Å²) in [7, 11) is 0. The topological polar surface area (TPSA) is 24.9 Å². The van der Waals surface area contributed by atoms with Gasteiger partial charge in [0.15, 0.2) is 0 Å². The number of para-hydroxylation sites is 1. The van der Waals surface area contributed by atoms with Crippen molar-refractivity contribution < 1.29 is 0 Å². The van der Waals surface area contributed by atoms with E-state index in [0.29, 0.717) is 0 Å². The molecule has 0 saturated heterocycles. The summed E-state index contributed by atoms with van der Waals surface area (Å²) in [6.07, 6.45) is 1.83. The van der Waals surface area contributed by atoms with Crippen LogP contribution in [0.2, 0.25) is 0 Å². The van der Waals surface area contributed by atoms with E-state index in [1.807, 2.05) is 42.6 Å².